The smallest absolute Gasteiger partial charge is 0.390 e. The van der Waals surface area contributed by atoms with E-state index in [1.807, 2.05) is 0 Å². The van der Waals surface area contributed by atoms with E-state index in [2.05, 4.69) is 13.8 Å². The van der Waals surface area contributed by atoms with Gasteiger partial charge in [0.05, 0.1) is 5.60 Å². The molecule has 2 nitrogen and oxygen atoms in total. The van der Waals surface area contributed by atoms with Crippen LogP contribution in [0.2, 0.25) is 0 Å². The zero-order valence-electron chi connectivity index (χ0n) is 22.0. The predicted molar refractivity (Wildman–Crippen MR) is 128 cm³/mol. The number of fused-ring (bicyclic) bond motifs is 5. The lowest BCUT2D eigenvalue weighted by molar-refractivity contribution is -0.290. The number of hydrogen-bond acceptors (Lipinski definition) is 2. The van der Waals surface area contributed by atoms with Gasteiger partial charge in [-0.1, -0.05) is 20.3 Å². The molecule has 0 aliphatic heterocycles. The summed E-state index contributed by atoms with van der Waals surface area (Å²) in [6.07, 6.45) is 4.31. The lowest BCUT2D eigenvalue weighted by Gasteiger charge is -2.62. The summed E-state index contributed by atoms with van der Waals surface area (Å²) in [5.74, 6) is -0.532. The molecule has 0 heterocycles. The Morgan fingerprint density at radius 2 is 1.42 bits per heavy atom. The lowest BCUT2D eigenvalue weighted by Crippen LogP contribution is -2.59. The van der Waals surface area contributed by atoms with Crippen LogP contribution in [0.3, 0.4) is 0 Å². The highest BCUT2D eigenvalue weighted by molar-refractivity contribution is 5.11. The van der Waals surface area contributed by atoms with Crippen molar-refractivity contribution in [2.75, 3.05) is 0 Å². The van der Waals surface area contributed by atoms with Crippen molar-refractivity contribution in [1.29, 1.82) is 0 Å². The Morgan fingerprint density at radius 3 is 2.08 bits per heavy atom. The van der Waals surface area contributed by atoms with E-state index in [1.54, 1.807) is 0 Å². The van der Waals surface area contributed by atoms with Crippen LogP contribution in [0.1, 0.15) is 117 Å². The summed E-state index contributed by atoms with van der Waals surface area (Å²) < 4.78 is 67.8. The van der Waals surface area contributed by atoms with Crippen molar-refractivity contribution in [2.24, 2.45) is 40.4 Å². The first kappa shape index (κ1) is 27.1. The van der Waals surface area contributed by atoms with E-state index in [0.717, 1.165) is 44.9 Å². The van der Waals surface area contributed by atoms with Gasteiger partial charge < -0.3 is 10.2 Å². The second-order valence-corrected chi connectivity index (χ2v) is 14.2. The highest BCUT2D eigenvalue weighted by Gasteiger charge is 2.65. The molecule has 0 amide bonds. The maximum Gasteiger partial charge on any atom is 0.417 e. The van der Waals surface area contributed by atoms with Crippen LogP contribution in [0.25, 0.3) is 0 Å². The van der Waals surface area contributed by atoms with Crippen molar-refractivity contribution in [3.63, 3.8) is 0 Å². The second-order valence-electron chi connectivity index (χ2n) is 14.2. The first-order valence-electron chi connectivity index (χ1n) is 14.5. The van der Waals surface area contributed by atoms with Crippen LogP contribution in [0, 0.1) is 40.4 Å². The van der Waals surface area contributed by atoms with Crippen LogP contribution in [-0.2, 0) is 0 Å². The number of halogens is 5. The van der Waals surface area contributed by atoms with Crippen LogP contribution in [0.4, 0.5) is 22.0 Å². The van der Waals surface area contributed by atoms with Gasteiger partial charge in [0.25, 0.3) is 0 Å². The molecule has 2 N–H and O–H groups in total. The van der Waals surface area contributed by atoms with E-state index in [0.29, 0.717) is 36.5 Å². The normalized spacial score (nSPS) is 48.1. The summed E-state index contributed by atoms with van der Waals surface area (Å²) in [4.78, 5) is 0. The Morgan fingerprint density at radius 1 is 0.750 bits per heavy atom. The third-order valence-corrected chi connectivity index (χ3v) is 12.6. The highest BCUT2D eigenvalue weighted by atomic mass is 19.4. The van der Waals surface area contributed by atoms with E-state index in [4.69, 9.17) is 0 Å². The van der Waals surface area contributed by atoms with Gasteiger partial charge in [0.1, 0.15) is 0 Å². The van der Waals surface area contributed by atoms with E-state index in [1.165, 1.54) is 6.42 Å². The molecule has 0 radical (unpaired) electrons. The predicted octanol–water partition coefficient (Wildman–Crippen LogP) is 8.05. The Kier molecular flexibility index (Phi) is 6.63. The number of alkyl halides is 5. The van der Waals surface area contributed by atoms with E-state index < -0.39 is 23.3 Å². The van der Waals surface area contributed by atoms with Gasteiger partial charge in [0, 0.05) is 12.8 Å². The molecule has 0 aromatic rings. The van der Waals surface area contributed by atoms with Crippen LogP contribution in [0.5, 0.6) is 0 Å². The fraction of sp³-hybridized carbons (Fsp3) is 1.00. The molecule has 8 atom stereocenters. The Hall–Kier alpha value is -0.430. The lowest BCUT2D eigenvalue weighted by atomic mass is 9.43. The quantitative estimate of drug-likeness (QED) is 0.368. The summed E-state index contributed by atoms with van der Waals surface area (Å²) in [5, 5.41) is 21.3. The first-order valence-corrected chi connectivity index (χ1v) is 14.5. The minimum Gasteiger partial charge on any atom is -0.390 e. The van der Waals surface area contributed by atoms with Crippen molar-refractivity contribution in [2.45, 2.75) is 140 Å². The molecule has 0 bridgehead atoms. The van der Waals surface area contributed by atoms with Crippen molar-refractivity contribution >= 4 is 0 Å². The van der Waals surface area contributed by atoms with Gasteiger partial charge >= 0.3 is 6.18 Å². The maximum absolute atomic E-state index is 13.6. The largest absolute Gasteiger partial charge is 0.417 e. The molecule has 0 unspecified atom stereocenters. The van der Waals surface area contributed by atoms with Gasteiger partial charge in [-0.15, -0.1) is 0 Å². The topological polar surface area (TPSA) is 40.5 Å². The standard InChI is InChI=1S/C29H45F5O2/c1-24-11-9-23-21(7-5-20-18-27(36,29(32,33)34)15-12-25(20,23)2)22(24)8-6-19(24)4-3-10-26(35)13-16-28(30,31)17-14-26/h19-23,35-36H,3-18H2,1-2H3/t19-,20+,21+,22+,23+,24-,25+,27+/m1/s1. The summed E-state index contributed by atoms with van der Waals surface area (Å²) in [7, 11) is 0. The molecule has 36 heavy (non-hydrogen) atoms. The van der Waals surface area contributed by atoms with Crippen LogP contribution < -0.4 is 0 Å². The first-order chi connectivity index (χ1) is 16.6. The van der Waals surface area contributed by atoms with Gasteiger partial charge in [-0.3, -0.25) is 0 Å². The van der Waals surface area contributed by atoms with Crippen molar-refractivity contribution in [3.05, 3.63) is 0 Å². The van der Waals surface area contributed by atoms with E-state index in [9.17, 15) is 32.2 Å². The van der Waals surface area contributed by atoms with Gasteiger partial charge in [-0.2, -0.15) is 13.2 Å². The minimum absolute atomic E-state index is 0.0655. The molecule has 0 aromatic carbocycles. The zero-order chi connectivity index (χ0) is 26.2. The molecule has 5 rings (SSSR count). The van der Waals surface area contributed by atoms with Crippen LogP contribution >= 0.6 is 0 Å². The summed E-state index contributed by atoms with van der Waals surface area (Å²) in [6, 6.07) is 0. The SMILES string of the molecule is C[C@]12CC[C@@](O)(C(F)(F)F)C[C@@H]1CC[C@@H]1[C@@H]2CC[C@]2(C)[C@H](CCCC3(O)CCC(F)(F)CC3)CC[C@@H]12. The number of rotatable bonds is 4. The number of hydrogen-bond donors (Lipinski definition) is 2. The van der Waals surface area contributed by atoms with Gasteiger partial charge in [-0.05, 0) is 124 Å². The summed E-state index contributed by atoms with van der Waals surface area (Å²) >= 11 is 0. The highest BCUT2D eigenvalue weighted by Crippen LogP contribution is 2.69. The molecule has 0 saturated heterocycles. The average molecular weight is 521 g/mol. The van der Waals surface area contributed by atoms with Gasteiger partial charge in [0.15, 0.2) is 5.60 Å². The third-order valence-electron chi connectivity index (χ3n) is 12.6. The molecular weight excluding hydrogens is 475 g/mol. The molecule has 5 saturated carbocycles. The monoisotopic (exact) mass is 520 g/mol. The van der Waals surface area contributed by atoms with E-state index >= 15 is 0 Å². The fourth-order valence-electron chi connectivity index (χ4n) is 10.1. The van der Waals surface area contributed by atoms with Crippen molar-refractivity contribution in [1.82, 2.24) is 0 Å². The molecular formula is C29H45F5O2. The Bertz CT molecular complexity index is 819. The molecule has 0 spiro atoms. The van der Waals surface area contributed by atoms with Gasteiger partial charge in [-0.25, -0.2) is 8.78 Å². The molecule has 208 valence electrons. The molecule has 0 aromatic heterocycles. The van der Waals surface area contributed by atoms with Gasteiger partial charge in [0.2, 0.25) is 5.92 Å². The average Bonchev–Trinajstić information content (AvgIpc) is 3.12. The Labute approximate surface area is 212 Å². The Balaban J connectivity index is 1.21. The number of aliphatic hydroxyl groups is 2. The van der Waals surface area contributed by atoms with Crippen LogP contribution in [0.15, 0.2) is 0 Å². The van der Waals surface area contributed by atoms with E-state index in [-0.39, 0.29) is 55.3 Å². The van der Waals surface area contributed by atoms with Crippen LogP contribution in [-0.4, -0.2) is 33.5 Å². The minimum atomic E-state index is -4.55. The van der Waals surface area contributed by atoms with Crippen molar-refractivity contribution in [3.8, 4) is 0 Å². The zero-order valence-corrected chi connectivity index (χ0v) is 22.0. The second kappa shape index (κ2) is 8.79. The summed E-state index contributed by atoms with van der Waals surface area (Å²) in [6.45, 7) is 4.65. The molecule has 5 aliphatic carbocycles. The molecule has 5 fully saturated rings. The third kappa shape index (κ3) is 4.44. The molecule has 5 aliphatic rings. The maximum atomic E-state index is 13.6. The molecule has 7 heteroatoms. The summed E-state index contributed by atoms with van der Waals surface area (Å²) in [5.41, 5.74) is -3.35. The fourth-order valence-corrected chi connectivity index (χ4v) is 10.1. The van der Waals surface area contributed by atoms with Crippen molar-refractivity contribution < 1.29 is 32.2 Å².